The van der Waals surface area contributed by atoms with Crippen molar-refractivity contribution in [2.24, 2.45) is 11.8 Å². The number of ketones is 1. The molecule has 1 heterocycles. The van der Waals surface area contributed by atoms with Crippen molar-refractivity contribution in [3.05, 3.63) is 0 Å². The summed E-state index contributed by atoms with van der Waals surface area (Å²) >= 11 is 0. The number of nitrogens with zero attached hydrogens (tertiary/aromatic N) is 2. The molecule has 0 aromatic rings. The van der Waals surface area contributed by atoms with Crippen LogP contribution < -0.4 is 0 Å². The molecular weight excluding hydrogens is 1080 g/mol. The zero-order chi connectivity index (χ0) is 64.6. The SMILES string of the molecule is CC.CCCC.CCCCCCCCOC(=O)CC.CCCCCCCCOC(=O)CC(C)CC.CCCCCCCCOC(=O)CN(CC(=O)OCCCCCCCC)CC(=O)C1CCC1.CCCOC(=O)N1C(CC)CC1COC(=O)CC. The second-order valence-corrected chi connectivity index (χ2v) is 22.8. The van der Waals surface area contributed by atoms with Crippen LogP contribution in [-0.4, -0.2) is 123 Å². The van der Waals surface area contributed by atoms with Gasteiger partial charge in [-0.15, -0.1) is 0 Å². The molecule has 15 nitrogen and oxygen atoms in total. The van der Waals surface area contributed by atoms with E-state index in [1.54, 1.807) is 16.7 Å². The molecule has 2 fully saturated rings. The molecule has 1 aliphatic carbocycles. The summed E-state index contributed by atoms with van der Waals surface area (Å²) in [5.74, 6) is -0.419. The highest BCUT2D eigenvalue weighted by molar-refractivity contribution is 5.85. The number of unbranched alkanes of at least 4 members (excludes halogenated alkanes) is 21. The van der Waals surface area contributed by atoms with E-state index in [4.69, 9.17) is 28.4 Å². The van der Waals surface area contributed by atoms with E-state index in [9.17, 15) is 33.6 Å². The normalized spacial score (nSPS) is 14.2. The molecule has 0 N–H and O–H groups in total. The lowest BCUT2D eigenvalue weighted by Crippen LogP contribution is -2.60. The average Bonchev–Trinajstić information content (AvgIpc) is 2.88. The van der Waals surface area contributed by atoms with E-state index in [0.29, 0.717) is 58.2 Å². The molecule has 1 saturated carbocycles. The Kier molecular flexibility index (Phi) is 69.9. The van der Waals surface area contributed by atoms with Crippen molar-refractivity contribution in [3.63, 3.8) is 0 Å². The number of amides is 1. The lowest BCUT2D eigenvalue weighted by Gasteiger charge is -2.47. The second kappa shape index (κ2) is 67.8. The minimum absolute atomic E-state index is 0.0187. The first-order chi connectivity index (χ1) is 41.1. The van der Waals surface area contributed by atoms with Crippen LogP contribution in [0.1, 0.15) is 328 Å². The van der Waals surface area contributed by atoms with Crippen LogP contribution in [0.2, 0.25) is 0 Å². The van der Waals surface area contributed by atoms with Crippen LogP contribution in [-0.2, 0) is 57.2 Å². The Bertz CT molecular complexity index is 1510. The van der Waals surface area contributed by atoms with Gasteiger partial charge < -0.3 is 28.4 Å². The molecule has 1 saturated heterocycles. The van der Waals surface area contributed by atoms with Crippen molar-refractivity contribution in [1.29, 1.82) is 0 Å². The van der Waals surface area contributed by atoms with E-state index >= 15 is 0 Å². The van der Waals surface area contributed by atoms with Crippen molar-refractivity contribution in [1.82, 2.24) is 9.80 Å². The van der Waals surface area contributed by atoms with E-state index in [1.165, 1.54) is 116 Å². The number of hydrogen-bond donors (Lipinski definition) is 0. The van der Waals surface area contributed by atoms with Crippen LogP contribution in [0.4, 0.5) is 4.79 Å². The summed E-state index contributed by atoms with van der Waals surface area (Å²) in [6, 6.07) is 0.203. The van der Waals surface area contributed by atoms with Gasteiger partial charge in [0.1, 0.15) is 12.4 Å². The van der Waals surface area contributed by atoms with Crippen molar-refractivity contribution in [2.45, 2.75) is 340 Å². The van der Waals surface area contributed by atoms with Gasteiger partial charge in [-0.25, -0.2) is 4.79 Å². The first-order valence-electron chi connectivity index (χ1n) is 35.1. The smallest absolute Gasteiger partial charge is 0.410 e. The maximum Gasteiger partial charge on any atom is 0.410 e. The summed E-state index contributed by atoms with van der Waals surface area (Å²) < 4.78 is 31.1. The average molecular weight is 1210 g/mol. The monoisotopic (exact) mass is 1210 g/mol. The van der Waals surface area contributed by atoms with Gasteiger partial charge in [-0.3, -0.25) is 38.6 Å². The molecule has 15 heteroatoms. The van der Waals surface area contributed by atoms with Crippen LogP contribution in [0.15, 0.2) is 0 Å². The molecule has 0 aromatic heterocycles. The van der Waals surface area contributed by atoms with E-state index in [2.05, 4.69) is 55.4 Å². The first-order valence-corrected chi connectivity index (χ1v) is 35.1. The first kappa shape index (κ1) is 87.7. The van der Waals surface area contributed by atoms with Gasteiger partial charge in [0.2, 0.25) is 0 Å². The molecule has 1 amide bonds. The third-order valence-corrected chi connectivity index (χ3v) is 14.9. The van der Waals surface area contributed by atoms with E-state index in [0.717, 1.165) is 96.3 Å². The summed E-state index contributed by atoms with van der Waals surface area (Å²) in [6.07, 6.45) is 38.7. The fourth-order valence-electron chi connectivity index (χ4n) is 8.63. The number of carbonyl (C=O) groups is 7. The summed E-state index contributed by atoms with van der Waals surface area (Å²) in [4.78, 5) is 85.2. The van der Waals surface area contributed by atoms with Gasteiger partial charge in [0, 0.05) is 31.2 Å². The van der Waals surface area contributed by atoms with Crippen molar-refractivity contribution in [2.75, 3.05) is 59.3 Å². The summed E-state index contributed by atoms with van der Waals surface area (Å²) in [5, 5.41) is 0. The lowest BCUT2D eigenvalue weighted by atomic mass is 9.82. The third-order valence-electron chi connectivity index (χ3n) is 14.9. The van der Waals surface area contributed by atoms with Crippen molar-refractivity contribution < 1.29 is 62.0 Å². The highest BCUT2D eigenvalue weighted by Crippen LogP contribution is 2.30. The third kappa shape index (κ3) is 57.7. The minimum Gasteiger partial charge on any atom is -0.466 e. The number of Topliss-reactive ketones (excluding diaryl/α,β-unsaturated/α-hetero) is 1. The Labute approximate surface area is 522 Å². The number of esters is 5. The predicted octanol–water partition coefficient (Wildman–Crippen LogP) is 18.3. The largest absolute Gasteiger partial charge is 0.466 e. The minimum atomic E-state index is -0.372. The molecule has 0 aromatic carbocycles. The van der Waals surface area contributed by atoms with Crippen LogP contribution >= 0.6 is 0 Å². The number of ether oxygens (including phenoxy) is 6. The molecule has 504 valence electrons. The molecule has 1 aliphatic heterocycles. The van der Waals surface area contributed by atoms with Gasteiger partial charge in [-0.2, -0.15) is 0 Å². The molecule has 0 radical (unpaired) electrons. The Morgan fingerprint density at radius 3 is 1.13 bits per heavy atom. The zero-order valence-corrected chi connectivity index (χ0v) is 57.8. The molecule has 2 rings (SSSR count). The number of rotatable bonds is 46. The fraction of sp³-hybridized carbons (Fsp3) is 0.900. The topological polar surface area (TPSA) is 181 Å². The van der Waals surface area contributed by atoms with Gasteiger partial charge in [0.25, 0.3) is 0 Å². The quantitative estimate of drug-likeness (QED) is 0.0319. The van der Waals surface area contributed by atoms with Crippen molar-refractivity contribution in [3.8, 4) is 0 Å². The molecular formula is C70H136N2O13. The maximum atomic E-state index is 12.4. The standard InChI is InChI=1S/C26H47NO5.C14H28O2.C13H23NO4.C11H22O2.C4H10.C2H6/c1-3-5-7-9-11-13-18-31-25(29)21-27(20-24(28)23-16-15-17-23)22-26(30)32-19-14-12-10-8-6-4-2;1-4-6-7-8-9-10-11-16-14(15)12-13(3)5-2;1-4-7-17-13(16)14-10(5-2)8-11(14)9-18-12(15)6-3;1-3-5-6-7-8-9-10-13-11(12)4-2;1-3-4-2;1-2/h23H,3-22H2,1-2H3;13H,4-12H2,1-3H3;10-11H,4-9H2,1-3H3;3-10H2,1-2H3;3-4H2,1-2H3;1-2H3. The predicted molar refractivity (Wildman–Crippen MR) is 350 cm³/mol. The Morgan fingerprint density at radius 2 is 0.788 bits per heavy atom. The Hall–Kier alpha value is -3.75. The van der Waals surface area contributed by atoms with E-state index < -0.39 is 0 Å². The van der Waals surface area contributed by atoms with E-state index in [-0.39, 0.29) is 86.0 Å². The highest BCUT2D eigenvalue weighted by Gasteiger charge is 2.42. The summed E-state index contributed by atoms with van der Waals surface area (Å²) in [5.41, 5.74) is 0. The fourth-order valence-corrected chi connectivity index (χ4v) is 8.63. The summed E-state index contributed by atoms with van der Waals surface area (Å²) in [7, 11) is 0. The molecule has 3 unspecified atom stereocenters. The molecule has 3 atom stereocenters. The number of likely N-dealkylation sites (tertiary alicyclic amines) is 1. The van der Waals surface area contributed by atoms with E-state index in [1.807, 2.05) is 34.6 Å². The van der Waals surface area contributed by atoms with Gasteiger partial charge in [0.05, 0.1) is 58.7 Å². The maximum absolute atomic E-state index is 12.4. The van der Waals surface area contributed by atoms with Gasteiger partial charge >= 0.3 is 35.9 Å². The highest BCUT2D eigenvalue weighted by atomic mass is 16.6. The molecule has 0 spiro atoms. The number of carbonyl (C=O) groups excluding carboxylic acids is 7. The molecule has 0 bridgehead atoms. The van der Waals surface area contributed by atoms with Crippen LogP contribution in [0.5, 0.6) is 0 Å². The van der Waals surface area contributed by atoms with Crippen LogP contribution in [0, 0.1) is 11.8 Å². The number of hydrogen-bond acceptors (Lipinski definition) is 14. The van der Waals surface area contributed by atoms with Gasteiger partial charge in [-0.1, -0.05) is 251 Å². The summed E-state index contributed by atoms with van der Waals surface area (Å²) in [6.45, 7) is 31.7. The van der Waals surface area contributed by atoms with Crippen LogP contribution in [0.25, 0.3) is 0 Å². The van der Waals surface area contributed by atoms with Crippen molar-refractivity contribution >= 4 is 41.7 Å². The van der Waals surface area contributed by atoms with Gasteiger partial charge in [-0.05, 0) is 63.7 Å². The lowest BCUT2D eigenvalue weighted by molar-refractivity contribution is -0.150. The second-order valence-electron chi connectivity index (χ2n) is 22.8. The van der Waals surface area contributed by atoms with Gasteiger partial charge in [0.15, 0.2) is 0 Å². The molecule has 85 heavy (non-hydrogen) atoms. The Morgan fingerprint density at radius 1 is 0.412 bits per heavy atom. The van der Waals surface area contributed by atoms with Crippen LogP contribution in [0.3, 0.4) is 0 Å². The zero-order valence-electron chi connectivity index (χ0n) is 57.8. The molecule has 2 aliphatic rings. The Balaban J connectivity index is -0.000000529.